The van der Waals surface area contributed by atoms with Crippen LogP contribution < -0.4 is 5.32 Å². The number of carbonyl (C=O) groups is 1. The largest absolute Gasteiger partial charge is 0.339 e. The van der Waals surface area contributed by atoms with Crippen molar-refractivity contribution in [3.05, 3.63) is 34.9 Å². The summed E-state index contributed by atoms with van der Waals surface area (Å²) >= 11 is 7.63. The first-order valence-corrected chi connectivity index (χ1v) is 5.71. The summed E-state index contributed by atoms with van der Waals surface area (Å²) in [6, 6.07) is 7.60. The number of thioether (sulfide) groups is 1. The van der Waals surface area contributed by atoms with Gasteiger partial charge < -0.3 is 5.32 Å². The van der Waals surface area contributed by atoms with E-state index in [1.165, 1.54) is 0 Å². The lowest BCUT2D eigenvalue weighted by atomic mass is 10.2. The fraction of sp³-hybridized carbons (Fsp3) is 0.300. The molecule has 2 atom stereocenters. The van der Waals surface area contributed by atoms with E-state index in [0.29, 0.717) is 5.02 Å². The van der Waals surface area contributed by atoms with Crippen molar-refractivity contribution in [1.82, 2.24) is 5.32 Å². The van der Waals surface area contributed by atoms with E-state index in [0.717, 1.165) is 5.56 Å². The fourth-order valence-electron chi connectivity index (χ4n) is 1.39. The Bertz CT molecular complexity index is 369. The predicted molar refractivity (Wildman–Crippen MR) is 59.4 cm³/mol. The van der Waals surface area contributed by atoms with Gasteiger partial charge in [-0.1, -0.05) is 29.8 Å². The van der Waals surface area contributed by atoms with E-state index in [-0.39, 0.29) is 16.5 Å². The normalized spacial score (nSPS) is 26.3. The molecule has 2 nitrogen and oxygen atoms in total. The molecule has 1 aromatic carbocycles. The molecule has 1 amide bonds. The predicted octanol–water partition coefficient (Wildman–Crippen LogP) is 2.59. The zero-order valence-electron chi connectivity index (χ0n) is 7.66. The summed E-state index contributed by atoms with van der Waals surface area (Å²) in [5, 5.41) is 3.62. The third-order valence-corrected chi connectivity index (χ3v) is 3.78. The van der Waals surface area contributed by atoms with Crippen LogP contribution >= 0.6 is 23.4 Å². The Balaban J connectivity index is 2.25. The molecule has 1 saturated heterocycles. The van der Waals surface area contributed by atoms with Gasteiger partial charge in [0.2, 0.25) is 5.91 Å². The summed E-state index contributed by atoms with van der Waals surface area (Å²) in [4.78, 5) is 11.3. The average molecular weight is 228 g/mol. The summed E-state index contributed by atoms with van der Waals surface area (Å²) in [5.74, 6) is 0.0833. The van der Waals surface area contributed by atoms with E-state index < -0.39 is 0 Å². The Labute approximate surface area is 92.0 Å². The van der Waals surface area contributed by atoms with Crippen molar-refractivity contribution in [3.8, 4) is 0 Å². The third-order valence-electron chi connectivity index (χ3n) is 2.17. The van der Waals surface area contributed by atoms with Gasteiger partial charge in [0.15, 0.2) is 0 Å². The standard InChI is InChI=1S/C10H10ClNOS/c1-6-9(13)12-10(14-6)7-4-2-3-5-8(7)11/h2-6,10H,1H3,(H,12,13)/t6-,10-/m0/s1. The minimum Gasteiger partial charge on any atom is -0.339 e. The van der Waals surface area contributed by atoms with Gasteiger partial charge in [0.05, 0.1) is 5.25 Å². The lowest BCUT2D eigenvalue weighted by Crippen LogP contribution is -2.22. The topological polar surface area (TPSA) is 29.1 Å². The second-order valence-corrected chi connectivity index (χ2v) is 5.05. The summed E-state index contributed by atoms with van der Waals surface area (Å²) in [6.45, 7) is 1.90. The van der Waals surface area contributed by atoms with Crippen molar-refractivity contribution in [2.75, 3.05) is 0 Å². The van der Waals surface area contributed by atoms with Crippen LogP contribution in [0.1, 0.15) is 17.9 Å². The van der Waals surface area contributed by atoms with Crippen molar-refractivity contribution in [2.45, 2.75) is 17.5 Å². The second kappa shape index (κ2) is 3.83. The molecule has 0 unspecified atom stereocenters. The van der Waals surface area contributed by atoms with Gasteiger partial charge in [-0.05, 0) is 13.0 Å². The van der Waals surface area contributed by atoms with Gasteiger partial charge in [-0.3, -0.25) is 4.79 Å². The van der Waals surface area contributed by atoms with Crippen LogP contribution in [0.5, 0.6) is 0 Å². The van der Waals surface area contributed by atoms with Crippen molar-refractivity contribution in [2.24, 2.45) is 0 Å². The maximum absolute atomic E-state index is 11.3. The number of halogens is 1. The molecule has 2 rings (SSSR count). The Morgan fingerprint density at radius 1 is 1.43 bits per heavy atom. The lowest BCUT2D eigenvalue weighted by molar-refractivity contribution is -0.119. The van der Waals surface area contributed by atoms with Crippen LogP contribution in [0.25, 0.3) is 0 Å². The van der Waals surface area contributed by atoms with Gasteiger partial charge >= 0.3 is 0 Å². The Kier molecular flexibility index (Phi) is 2.70. The zero-order chi connectivity index (χ0) is 10.1. The highest BCUT2D eigenvalue weighted by molar-refractivity contribution is 8.01. The smallest absolute Gasteiger partial charge is 0.234 e. The molecule has 1 aliphatic heterocycles. The SMILES string of the molecule is C[C@@H]1S[C@@H](c2ccccc2Cl)NC1=O. The van der Waals surface area contributed by atoms with E-state index in [1.54, 1.807) is 11.8 Å². The second-order valence-electron chi connectivity index (χ2n) is 3.19. The van der Waals surface area contributed by atoms with Crippen LogP contribution in [0.3, 0.4) is 0 Å². The molecule has 0 bridgehead atoms. The molecule has 1 aliphatic rings. The van der Waals surface area contributed by atoms with Crippen LogP contribution in [-0.2, 0) is 4.79 Å². The van der Waals surface area contributed by atoms with Crippen molar-refractivity contribution < 1.29 is 4.79 Å². The highest BCUT2D eigenvalue weighted by Gasteiger charge is 2.30. The molecule has 0 spiro atoms. The molecule has 74 valence electrons. The first kappa shape index (κ1) is 9.87. The maximum atomic E-state index is 11.3. The summed E-state index contributed by atoms with van der Waals surface area (Å²) in [7, 11) is 0. The van der Waals surface area contributed by atoms with E-state index in [1.807, 2.05) is 31.2 Å². The van der Waals surface area contributed by atoms with Gasteiger partial charge in [-0.15, -0.1) is 11.8 Å². The highest BCUT2D eigenvalue weighted by Crippen LogP contribution is 2.38. The first-order valence-electron chi connectivity index (χ1n) is 4.39. The number of amides is 1. The van der Waals surface area contributed by atoms with Crippen molar-refractivity contribution >= 4 is 29.3 Å². The highest BCUT2D eigenvalue weighted by atomic mass is 35.5. The molecule has 14 heavy (non-hydrogen) atoms. The summed E-state index contributed by atoms with van der Waals surface area (Å²) in [5.41, 5.74) is 0.983. The Morgan fingerprint density at radius 3 is 2.71 bits per heavy atom. The summed E-state index contributed by atoms with van der Waals surface area (Å²) in [6.07, 6.45) is 0. The van der Waals surface area contributed by atoms with Crippen LogP contribution in [0, 0.1) is 0 Å². The number of hydrogen-bond acceptors (Lipinski definition) is 2. The van der Waals surface area contributed by atoms with E-state index >= 15 is 0 Å². The number of carbonyl (C=O) groups excluding carboxylic acids is 1. The molecule has 1 heterocycles. The lowest BCUT2D eigenvalue weighted by Gasteiger charge is -2.10. The molecule has 0 saturated carbocycles. The maximum Gasteiger partial charge on any atom is 0.234 e. The van der Waals surface area contributed by atoms with Crippen molar-refractivity contribution in [3.63, 3.8) is 0 Å². The molecular formula is C10H10ClNOS. The van der Waals surface area contributed by atoms with E-state index in [4.69, 9.17) is 11.6 Å². The molecule has 0 aliphatic carbocycles. The zero-order valence-corrected chi connectivity index (χ0v) is 9.23. The number of nitrogens with one attached hydrogen (secondary N) is 1. The number of rotatable bonds is 1. The molecule has 1 N–H and O–H groups in total. The van der Waals surface area contributed by atoms with Crippen LogP contribution in [0.15, 0.2) is 24.3 Å². The Hall–Kier alpha value is -0.670. The van der Waals surface area contributed by atoms with Crippen LogP contribution in [-0.4, -0.2) is 11.2 Å². The van der Waals surface area contributed by atoms with Crippen LogP contribution in [0.4, 0.5) is 0 Å². The van der Waals surface area contributed by atoms with Gasteiger partial charge in [0, 0.05) is 10.6 Å². The monoisotopic (exact) mass is 227 g/mol. The molecule has 1 fully saturated rings. The summed E-state index contributed by atoms with van der Waals surface area (Å²) < 4.78 is 0. The molecule has 1 aromatic rings. The van der Waals surface area contributed by atoms with Gasteiger partial charge in [0.25, 0.3) is 0 Å². The average Bonchev–Trinajstić information content (AvgIpc) is 2.48. The molecular weight excluding hydrogens is 218 g/mol. The van der Waals surface area contributed by atoms with E-state index in [9.17, 15) is 4.79 Å². The number of hydrogen-bond donors (Lipinski definition) is 1. The number of benzene rings is 1. The van der Waals surface area contributed by atoms with Crippen LogP contribution in [0.2, 0.25) is 5.02 Å². The van der Waals surface area contributed by atoms with Crippen molar-refractivity contribution in [1.29, 1.82) is 0 Å². The molecule has 0 aromatic heterocycles. The Morgan fingerprint density at radius 2 is 2.14 bits per heavy atom. The van der Waals surface area contributed by atoms with Gasteiger partial charge in [-0.25, -0.2) is 0 Å². The molecule has 4 heteroatoms. The third kappa shape index (κ3) is 1.74. The fourth-order valence-corrected chi connectivity index (χ4v) is 2.83. The minimum absolute atomic E-state index is 0.00574. The minimum atomic E-state index is 0.00574. The van der Waals surface area contributed by atoms with Gasteiger partial charge in [-0.2, -0.15) is 0 Å². The van der Waals surface area contributed by atoms with Gasteiger partial charge in [0.1, 0.15) is 5.37 Å². The quantitative estimate of drug-likeness (QED) is 0.799. The molecule has 0 radical (unpaired) electrons. The first-order chi connectivity index (χ1) is 6.68. The van der Waals surface area contributed by atoms with E-state index in [2.05, 4.69) is 5.32 Å².